The fourth-order valence-corrected chi connectivity index (χ4v) is 2.08. The molecule has 0 aliphatic carbocycles. The summed E-state index contributed by atoms with van der Waals surface area (Å²) in [7, 11) is 1.61. The van der Waals surface area contributed by atoms with Crippen molar-refractivity contribution in [1.82, 2.24) is 0 Å². The molecule has 0 fully saturated rings. The number of methoxy groups -OCH3 is 1. The summed E-state index contributed by atoms with van der Waals surface area (Å²) in [5.74, 6) is 0.631. The monoisotopic (exact) mass is 292 g/mol. The van der Waals surface area contributed by atoms with Crippen molar-refractivity contribution in [3.8, 4) is 5.75 Å². The molecule has 0 saturated carbocycles. The summed E-state index contributed by atoms with van der Waals surface area (Å²) in [6, 6.07) is 5.93. The third kappa shape index (κ3) is 5.05. The van der Waals surface area contributed by atoms with Gasteiger partial charge in [-0.15, -0.1) is 0 Å². The number of ether oxygens (including phenoxy) is 1. The van der Waals surface area contributed by atoms with E-state index in [0.29, 0.717) is 12.3 Å². The molecule has 1 aromatic carbocycles. The van der Waals surface area contributed by atoms with Crippen LogP contribution in [0.15, 0.2) is 18.2 Å². The minimum atomic E-state index is -0.0588. The third-order valence-corrected chi connectivity index (χ3v) is 3.61. The second kappa shape index (κ2) is 7.46. The lowest BCUT2D eigenvalue weighted by Gasteiger charge is -2.22. The van der Waals surface area contributed by atoms with Gasteiger partial charge in [0, 0.05) is 5.92 Å². The van der Waals surface area contributed by atoms with Crippen LogP contribution < -0.4 is 15.8 Å². The van der Waals surface area contributed by atoms with Gasteiger partial charge in [-0.1, -0.05) is 33.8 Å². The van der Waals surface area contributed by atoms with Gasteiger partial charge in [-0.3, -0.25) is 4.79 Å². The van der Waals surface area contributed by atoms with E-state index < -0.39 is 0 Å². The zero-order valence-electron chi connectivity index (χ0n) is 13.8. The first-order valence-electron chi connectivity index (χ1n) is 7.49. The molecule has 0 radical (unpaired) electrons. The SMILES string of the molecule is COc1ccc(C(C)(C)C)cc1NC(=O)C(C)CCCN. The molecule has 0 aromatic heterocycles. The van der Waals surface area contributed by atoms with Gasteiger partial charge in [0.1, 0.15) is 5.75 Å². The van der Waals surface area contributed by atoms with Crippen LogP contribution in [0.3, 0.4) is 0 Å². The van der Waals surface area contributed by atoms with E-state index in [1.54, 1.807) is 7.11 Å². The highest BCUT2D eigenvalue weighted by Crippen LogP contribution is 2.31. The van der Waals surface area contributed by atoms with E-state index in [9.17, 15) is 4.79 Å². The summed E-state index contributed by atoms with van der Waals surface area (Å²) in [5, 5.41) is 2.98. The number of carbonyl (C=O) groups is 1. The Labute approximate surface area is 128 Å². The number of nitrogens with two attached hydrogens (primary N) is 1. The maximum atomic E-state index is 12.2. The standard InChI is InChI=1S/C17H28N2O2/c1-12(7-6-10-18)16(20)19-14-11-13(17(2,3)4)8-9-15(14)21-5/h8-9,11-12H,6-7,10,18H2,1-5H3,(H,19,20). The molecule has 0 saturated heterocycles. The number of carbonyl (C=O) groups excluding carboxylic acids is 1. The molecule has 4 nitrogen and oxygen atoms in total. The number of amides is 1. The summed E-state index contributed by atoms with van der Waals surface area (Å²) in [5.41, 5.74) is 7.41. The second-order valence-electron chi connectivity index (χ2n) is 6.49. The predicted molar refractivity (Wildman–Crippen MR) is 87.8 cm³/mol. The lowest BCUT2D eigenvalue weighted by Crippen LogP contribution is -2.22. The lowest BCUT2D eigenvalue weighted by molar-refractivity contribution is -0.119. The van der Waals surface area contributed by atoms with Gasteiger partial charge in [0.25, 0.3) is 0 Å². The molecule has 1 aromatic rings. The highest BCUT2D eigenvalue weighted by atomic mass is 16.5. The largest absolute Gasteiger partial charge is 0.495 e. The smallest absolute Gasteiger partial charge is 0.227 e. The molecule has 118 valence electrons. The van der Waals surface area contributed by atoms with E-state index in [1.165, 1.54) is 0 Å². The van der Waals surface area contributed by atoms with Crippen LogP contribution in [0.2, 0.25) is 0 Å². The maximum absolute atomic E-state index is 12.2. The van der Waals surface area contributed by atoms with Crippen molar-refractivity contribution in [3.63, 3.8) is 0 Å². The second-order valence-corrected chi connectivity index (χ2v) is 6.49. The van der Waals surface area contributed by atoms with Crippen LogP contribution in [0.4, 0.5) is 5.69 Å². The van der Waals surface area contributed by atoms with Gasteiger partial charge < -0.3 is 15.8 Å². The molecule has 21 heavy (non-hydrogen) atoms. The molecule has 0 spiro atoms. The van der Waals surface area contributed by atoms with Gasteiger partial charge in [-0.2, -0.15) is 0 Å². The van der Waals surface area contributed by atoms with Gasteiger partial charge in [-0.25, -0.2) is 0 Å². The van der Waals surface area contributed by atoms with Crippen molar-refractivity contribution in [2.75, 3.05) is 19.0 Å². The van der Waals surface area contributed by atoms with Gasteiger partial charge in [0.2, 0.25) is 5.91 Å². The van der Waals surface area contributed by atoms with Crippen molar-refractivity contribution in [2.24, 2.45) is 11.7 Å². The number of rotatable bonds is 6. The number of benzene rings is 1. The molecule has 0 aliphatic heterocycles. The topological polar surface area (TPSA) is 64.3 Å². The summed E-state index contributed by atoms with van der Waals surface area (Å²) < 4.78 is 5.34. The average molecular weight is 292 g/mol. The highest BCUT2D eigenvalue weighted by Gasteiger charge is 2.18. The highest BCUT2D eigenvalue weighted by molar-refractivity contribution is 5.93. The molecular weight excluding hydrogens is 264 g/mol. The Morgan fingerprint density at radius 2 is 2.05 bits per heavy atom. The Bertz CT molecular complexity index is 478. The molecular formula is C17H28N2O2. The van der Waals surface area contributed by atoms with Gasteiger partial charge in [0.15, 0.2) is 0 Å². The number of hydrogen-bond acceptors (Lipinski definition) is 3. The van der Waals surface area contributed by atoms with E-state index in [-0.39, 0.29) is 17.2 Å². The minimum Gasteiger partial charge on any atom is -0.495 e. The molecule has 1 amide bonds. The van der Waals surface area contributed by atoms with Crippen LogP contribution in [0, 0.1) is 5.92 Å². The number of nitrogens with one attached hydrogen (secondary N) is 1. The fourth-order valence-electron chi connectivity index (χ4n) is 2.08. The minimum absolute atomic E-state index is 0.00723. The Hall–Kier alpha value is -1.55. The van der Waals surface area contributed by atoms with Crippen molar-refractivity contribution < 1.29 is 9.53 Å². The summed E-state index contributed by atoms with van der Waals surface area (Å²) in [6.45, 7) is 8.96. The Balaban J connectivity index is 2.92. The Kier molecular flexibility index (Phi) is 6.21. The first-order chi connectivity index (χ1) is 9.79. The normalized spacial score (nSPS) is 12.9. The quantitative estimate of drug-likeness (QED) is 0.845. The molecule has 0 heterocycles. The van der Waals surface area contributed by atoms with Crippen LogP contribution in [0.25, 0.3) is 0 Å². The molecule has 1 unspecified atom stereocenters. The Morgan fingerprint density at radius 1 is 1.38 bits per heavy atom. The van der Waals surface area contributed by atoms with Crippen molar-refractivity contribution in [1.29, 1.82) is 0 Å². The van der Waals surface area contributed by atoms with Crippen LogP contribution in [0.1, 0.15) is 46.1 Å². The zero-order chi connectivity index (χ0) is 16.0. The van der Waals surface area contributed by atoms with Crippen molar-refractivity contribution >= 4 is 11.6 Å². The van der Waals surface area contributed by atoms with E-state index in [1.807, 2.05) is 25.1 Å². The van der Waals surface area contributed by atoms with E-state index in [0.717, 1.165) is 24.1 Å². The molecule has 3 N–H and O–H groups in total. The molecule has 1 rings (SSSR count). The lowest BCUT2D eigenvalue weighted by atomic mass is 9.86. The maximum Gasteiger partial charge on any atom is 0.227 e. The molecule has 0 bridgehead atoms. The summed E-state index contributed by atoms with van der Waals surface area (Å²) >= 11 is 0. The Morgan fingerprint density at radius 3 is 2.57 bits per heavy atom. The van der Waals surface area contributed by atoms with Crippen molar-refractivity contribution in [3.05, 3.63) is 23.8 Å². The summed E-state index contributed by atoms with van der Waals surface area (Å²) in [4.78, 5) is 12.2. The van der Waals surface area contributed by atoms with Crippen LogP contribution in [0.5, 0.6) is 5.75 Å². The average Bonchev–Trinajstić information content (AvgIpc) is 2.43. The predicted octanol–water partition coefficient (Wildman–Crippen LogP) is 3.31. The first kappa shape index (κ1) is 17.5. The molecule has 0 aliphatic rings. The van der Waals surface area contributed by atoms with Gasteiger partial charge in [-0.05, 0) is 42.5 Å². The van der Waals surface area contributed by atoms with E-state index in [4.69, 9.17) is 10.5 Å². The molecule has 1 atom stereocenters. The molecule has 4 heteroatoms. The van der Waals surface area contributed by atoms with Crippen molar-refractivity contribution in [2.45, 2.75) is 46.0 Å². The van der Waals surface area contributed by atoms with Gasteiger partial charge in [0.05, 0.1) is 12.8 Å². The van der Waals surface area contributed by atoms with Crippen LogP contribution in [-0.4, -0.2) is 19.6 Å². The summed E-state index contributed by atoms with van der Waals surface area (Å²) in [6.07, 6.45) is 1.65. The first-order valence-corrected chi connectivity index (χ1v) is 7.49. The number of hydrogen-bond donors (Lipinski definition) is 2. The zero-order valence-corrected chi connectivity index (χ0v) is 13.8. The van der Waals surface area contributed by atoms with E-state index >= 15 is 0 Å². The number of anilines is 1. The van der Waals surface area contributed by atoms with Crippen LogP contribution in [-0.2, 0) is 10.2 Å². The third-order valence-electron chi connectivity index (χ3n) is 3.61. The van der Waals surface area contributed by atoms with E-state index in [2.05, 4.69) is 26.1 Å². The van der Waals surface area contributed by atoms with Crippen LogP contribution >= 0.6 is 0 Å². The fraction of sp³-hybridized carbons (Fsp3) is 0.588. The van der Waals surface area contributed by atoms with Gasteiger partial charge >= 0.3 is 0 Å².